The number of thioether (sulfide) groups is 1. The predicted molar refractivity (Wildman–Crippen MR) is 96.4 cm³/mol. The van der Waals surface area contributed by atoms with E-state index >= 15 is 0 Å². The van der Waals surface area contributed by atoms with E-state index in [1.54, 1.807) is 23.9 Å². The largest absolute Gasteiger partial charge is 0.322 e. The van der Waals surface area contributed by atoms with E-state index in [2.05, 4.69) is 0 Å². The third kappa shape index (κ3) is 3.82. The Kier molecular flexibility index (Phi) is 4.96. The molecular weight excluding hydrogens is 342 g/mol. The van der Waals surface area contributed by atoms with Crippen LogP contribution in [-0.2, 0) is 21.2 Å². The van der Waals surface area contributed by atoms with Crippen molar-refractivity contribution in [1.29, 1.82) is 0 Å². The Hall–Kier alpha value is -1.79. The third-order valence-electron chi connectivity index (χ3n) is 3.98. The highest BCUT2D eigenvalue weighted by atomic mass is 32.2. The summed E-state index contributed by atoms with van der Waals surface area (Å²) in [5.41, 5.74) is 2.04. The zero-order chi connectivity index (χ0) is 17.2. The standard InChI is InChI=1S/C18H19NO3S2/c1-24(21,22)16-9-7-15(8-10-16)18-19(17(20)11-12-23-18)13-14-5-3-2-4-6-14/h2-10,18H,11-13H2,1H3. The quantitative estimate of drug-likeness (QED) is 0.839. The van der Waals surface area contributed by atoms with Gasteiger partial charge in [0.25, 0.3) is 0 Å². The molecule has 1 atom stereocenters. The summed E-state index contributed by atoms with van der Waals surface area (Å²) in [6.07, 6.45) is 1.73. The van der Waals surface area contributed by atoms with Crippen LogP contribution in [-0.4, -0.2) is 31.2 Å². The molecule has 1 amide bonds. The number of rotatable bonds is 4. The molecule has 2 aromatic carbocycles. The zero-order valence-electron chi connectivity index (χ0n) is 13.4. The molecule has 0 aromatic heterocycles. The molecule has 0 N–H and O–H groups in total. The van der Waals surface area contributed by atoms with Crippen molar-refractivity contribution in [3.63, 3.8) is 0 Å². The third-order valence-corrected chi connectivity index (χ3v) is 6.39. The van der Waals surface area contributed by atoms with Crippen molar-refractivity contribution in [2.24, 2.45) is 0 Å². The van der Waals surface area contributed by atoms with Crippen molar-refractivity contribution >= 4 is 27.5 Å². The molecule has 1 heterocycles. The van der Waals surface area contributed by atoms with Gasteiger partial charge in [0, 0.05) is 25.0 Å². The first kappa shape index (κ1) is 17.0. The van der Waals surface area contributed by atoms with Gasteiger partial charge in [0.2, 0.25) is 5.91 Å². The molecule has 24 heavy (non-hydrogen) atoms. The van der Waals surface area contributed by atoms with Crippen LogP contribution in [0.4, 0.5) is 0 Å². The van der Waals surface area contributed by atoms with Crippen LogP contribution in [0.1, 0.15) is 22.9 Å². The van der Waals surface area contributed by atoms with Gasteiger partial charge in [0.1, 0.15) is 5.37 Å². The lowest BCUT2D eigenvalue weighted by Gasteiger charge is -2.35. The van der Waals surface area contributed by atoms with Gasteiger partial charge in [-0.2, -0.15) is 0 Å². The maximum absolute atomic E-state index is 12.4. The first-order valence-corrected chi connectivity index (χ1v) is 10.6. The van der Waals surface area contributed by atoms with Crippen molar-refractivity contribution in [1.82, 2.24) is 4.90 Å². The second kappa shape index (κ2) is 6.99. The number of carbonyl (C=O) groups excluding carboxylic acids is 1. The summed E-state index contributed by atoms with van der Waals surface area (Å²) in [4.78, 5) is 14.6. The summed E-state index contributed by atoms with van der Waals surface area (Å²) in [5.74, 6) is 0.914. The van der Waals surface area contributed by atoms with Gasteiger partial charge >= 0.3 is 0 Å². The Balaban J connectivity index is 1.87. The molecule has 1 saturated heterocycles. The summed E-state index contributed by atoms with van der Waals surface area (Å²) in [6.45, 7) is 0.561. The molecule has 0 radical (unpaired) electrons. The molecule has 126 valence electrons. The summed E-state index contributed by atoms with van der Waals surface area (Å²) in [6, 6.07) is 16.8. The van der Waals surface area contributed by atoms with Gasteiger partial charge in [-0.1, -0.05) is 42.5 Å². The van der Waals surface area contributed by atoms with Crippen LogP contribution >= 0.6 is 11.8 Å². The van der Waals surface area contributed by atoms with Crippen LogP contribution in [0, 0.1) is 0 Å². The number of nitrogens with zero attached hydrogens (tertiary/aromatic N) is 1. The number of benzene rings is 2. The number of hydrogen-bond acceptors (Lipinski definition) is 4. The van der Waals surface area contributed by atoms with Gasteiger partial charge in [0.15, 0.2) is 9.84 Å². The highest BCUT2D eigenvalue weighted by Crippen LogP contribution is 2.38. The molecule has 6 heteroatoms. The van der Waals surface area contributed by atoms with Gasteiger partial charge in [-0.15, -0.1) is 11.8 Å². The van der Waals surface area contributed by atoms with Crippen molar-refractivity contribution in [2.75, 3.05) is 12.0 Å². The minimum atomic E-state index is -3.21. The molecule has 1 aliphatic heterocycles. The highest BCUT2D eigenvalue weighted by Gasteiger charge is 2.30. The van der Waals surface area contributed by atoms with Crippen LogP contribution in [0.15, 0.2) is 59.5 Å². The van der Waals surface area contributed by atoms with Gasteiger partial charge in [-0.3, -0.25) is 4.79 Å². The maximum atomic E-state index is 12.4. The lowest BCUT2D eigenvalue weighted by molar-refractivity contribution is -0.132. The van der Waals surface area contributed by atoms with E-state index in [-0.39, 0.29) is 11.3 Å². The monoisotopic (exact) mass is 361 g/mol. The van der Waals surface area contributed by atoms with E-state index in [1.807, 2.05) is 47.4 Å². The fraction of sp³-hybridized carbons (Fsp3) is 0.278. The average molecular weight is 361 g/mol. The minimum Gasteiger partial charge on any atom is -0.322 e. The Morgan fingerprint density at radius 2 is 1.75 bits per heavy atom. The van der Waals surface area contributed by atoms with Crippen LogP contribution in [0.25, 0.3) is 0 Å². The topological polar surface area (TPSA) is 54.5 Å². The molecule has 0 aliphatic carbocycles. The summed E-state index contributed by atoms with van der Waals surface area (Å²) >= 11 is 1.72. The molecule has 0 spiro atoms. The first-order valence-electron chi connectivity index (χ1n) is 7.70. The van der Waals surface area contributed by atoms with Crippen molar-refractivity contribution in [2.45, 2.75) is 23.2 Å². The fourth-order valence-corrected chi connectivity index (χ4v) is 4.60. The van der Waals surface area contributed by atoms with Crippen LogP contribution < -0.4 is 0 Å². The average Bonchev–Trinajstić information content (AvgIpc) is 2.57. The normalized spacial score (nSPS) is 18.6. The SMILES string of the molecule is CS(=O)(=O)c1ccc(C2SCCC(=O)N2Cc2ccccc2)cc1. The molecule has 1 unspecified atom stereocenters. The van der Waals surface area contributed by atoms with Gasteiger partial charge in [0.05, 0.1) is 4.90 Å². The van der Waals surface area contributed by atoms with Crippen LogP contribution in [0.2, 0.25) is 0 Å². The fourth-order valence-electron chi connectivity index (χ4n) is 2.73. The molecule has 2 aromatic rings. The maximum Gasteiger partial charge on any atom is 0.224 e. The van der Waals surface area contributed by atoms with Gasteiger partial charge < -0.3 is 4.90 Å². The second-order valence-electron chi connectivity index (χ2n) is 5.82. The Bertz CT molecular complexity index is 817. The van der Waals surface area contributed by atoms with E-state index in [4.69, 9.17) is 0 Å². The number of hydrogen-bond donors (Lipinski definition) is 0. The predicted octanol–water partition coefficient (Wildman–Crippen LogP) is 3.25. The van der Waals surface area contributed by atoms with Gasteiger partial charge in [-0.25, -0.2) is 8.42 Å². The van der Waals surface area contributed by atoms with E-state index < -0.39 is 9.84 Å². The number of amides is 1. The molecule has 3 rings (SSSR count). The highest BCUT2D eigenvalue weighted by molar-refractivity contribution is 7.99. The van der Waals surface area contributed by atoms with Crippen LogP contribution in [0.5, 0.6) is 0 Å². The Morgan fingerprint density at radius 1 is 1.08 bits per heavy atom. The van der Waals surface area contributed by atoms with E-state index in [1.165, 1.54) is 6.26 Å². The number of sulfone groups is 1. The smallest absolute Gasteiger partial charge is 0.224 e. The van der Waals surface area contributed by atoms with Gasteiger partial charge in [-0.05, 0) is 23.3 Å². The minimum absolute atomic E-state index is 0.0833. The molecule has 1 aliphatic rings. The second-order valence-corrected chi connectivity index (χ2v) is 9.03. The molecule has 1 fully saturated rings. The summed E-state index contributed by atoms with van der Waals surface area (Å²) < 4.78 is 23.2. The lowest BCUT2D eigenvalue weighted by Crippen LogP contribution is -2.36. The summed E-state index contributed by atoms with van der Waals surface area (Å²) in [7, 11) is -3.21. The van der Waals surface area contributed by atoms with E-state index in [0.717, 1.165) is 16.9 Å². The first-order chi connectivity index (χ1) is 11.4. The van der Waals surface area contributed by atoms with Crippen molar-refractivity contribution < 1.29 is 13.2 Å². The Labute approximate surface area is 146 Å². The molecule has 4 nitrogen and oxygen atoms in total. The summed E-state index contributed by atoms with van der Waals surface area (Å²) in [5, 5.41) is -0.0833. The molecular formula is C18H19NO3S2. The van der Waals surface area contributed by atoms with Crippen LogP contribution in [0.3, 0.4) is 0 Å². The number of carbonyl (C=O) groups is 1. The van der Waals surface area contributed by atoms with E-state index in [9.17, 15) is 13.2 Å². The molecule has 0 saturated carbocycles. The van der Waals surface area contributed by atoms with Crippen molar-refractivity contribution in [3.8, 4) is 0 Å². The molecule has 0 bridgehead atoms. The van der Waals surface area contributed by atoms with Crippen molar-refractivity contribution in [3.05, 3.63) is 65.7 Å². The van der Waals surface area contributed by atoms with E-state index in [0.29, 0.717) is 17.9 Å². The lowest BCUT2D eigenvalue weighted by atomic mass is 10.1. The Morgan fingerprint density at radius 3 is 2.38 bits per heavy atom. The zero-order valence-corrected chi connectivity index (χ0v) is 15.0.